The van der Waals surface area contributed by atoms with Gasteiger partial charge in [-0.25, -0.2) is 4.68 Å². The molecule has 1 fully saturated rings. The Kier molecular flexibility index (Phi) is 5.28. The van der Waals surface area contributed by atoms with E-state index in [4.69, 9.17) is 0 Å². The van der Waals surface area contributed by atoms with Gasteiger partial charge in [0.2, 0.25) is 0 Å². The minimum Gasteiger partial charge on any atom is -0.319 e. The van der Waals surface area contributed by atoms with Crippen molar-refractivity contribution in [2.75, 3.05) is 18.4 Å². The van der Waals surface area contributed by atoms with Crippen LogP contribution in [0.5, 0.6) is 0 Å². The Morgan fingerprint density at radius 2 is 2.00 bits per heavy atom. The maximum atomic E-state index is 12.6. The maximum Gasteiger partial charge on any atom is 0.446 e. The van der Waals surface area contributed by atoms with Crippen LogP contribution in [0.3, 0.4) is 0 Å². The van der Waals surface area contributed by atoms with Gasteiger partial charge in [-0.05, 0) is 49.8 Å². The summed E-state index contributed by atoms with van der Waals surface area (Å²) in [5, 5.41) is 13.5. The highest BCUT2D eigenvalue weighted by molar-refractivity contribution is 8.00. The predicted molar refractivity (Wildman–Crippen MR) is 87.5 cm³/mol. The largest absolute Gasteiger partial charge is 0.446 e. The summed E-state index contributed by atoms with van der Waals surface area (Å²) < 4.78 is 39.5. The van der Waals surface area contributed by atoms with E-state index >= 15 is 0 Å². The SMILES string of the molecule is O=C(Nc1ccccc1SC(F)(F)F)c1cn(C2CCNCC2)nn1. The first-order chi connectivity index (χ1) is 11.9. The molecular weight excluding hydrogens is 355 g/mol. The van der Waals surface area contributed by atoms with Gasteiger partial charge in [-0.1, -0.05) is 17.3 Å². The summed E-state index contributed by atoms with van der Waals surface area (Å²) in [5.74, 6) is -0.588. The Hall–Kier alpha value is -2.07. The molecule has 0 unspecified atom stereocenters. The fourth-order valence-electron chi connectivity index (χ4n) is 2.60. The van der Waals surface area contributed by atoms with Crippen molar-refractivity contribution < 1.29 is 18.0 Å². The molecule has 1 aliphatic heterocycles. The highest BCUT2D eigenvalue weighted by Crippen LogP contribution is 2.40. The van der Waals surface area contributed by atoms with Crippen molar-refractivity contribution in [2.45, 2.75) is 29.3 Å². The normalized spacial score (nSPS) is 16.0. The molecule has 1 amide bonds. The molecule has 0 spiro atoms. The Labute approximate surface area is 146 Å². The number of nitrogens with one attached hydrogen (secondary N) is 2. The van der Waals surface area contributed by atoms with Crippen molar-refractivity contribution in [3.63, 3.8) is 0 Å². The summed E-state index contributed by atoms with van der Waals surface area (Å²) in [4.78, 5) is 12.2. The van der Waals surface area contributed by atoms with Gasteiger partial charge in [0.25, 0.3) is 5.91 Å². The number of anilines is 1. The van der Waals surface area contributed by atoms with Crippen LogP contribution >= 0.6 is 11.8 Å². The van der Waals surface area contributed by atoms with Gasteiger partial charge in [0.15, 0.2) is 5.69 Å². The number of aromatic nitrogens is 3. The molecule has 134 valence electrons. The zero-order chi connectivity index (χ0) is 17.9. The number of hydrogen-bond donors (Lipinski definition) is 2. The first-order valence-electron chi connectivity index (χ1n) is 7.71. The van der Waals surface area contributed by atoms with E-state index in [1.807, 2.05) is 0 Å². The van der Waals surface area contributed by atoms with Crippen molar-refractivity contribution in [3.8, 4) is 0 Å². The average molecular weight is 371 g/mol. The molecule has 1 aliphatic rings. The Morgan fingerprint density at radius 3 is 2.72 bits per heavy atom. The summed E-state index contributed by atoms with van der Waals surface area (Å²) >= 11 is -0.270. The number of nitrogens with zero attached hydrogens (tertiary/aromatic N) is 3. The van der Waals surface area contributed by atoms with Crippen LogP contribution in [-0.2, 0) is 0 Å². The van der Waals surface area contributed by atoms with Crippen molar-refractivity contribution in [2.24, 2.45) is 0 Å². The Morgan fingerprint density at radius 1 is 1.28 bits per heavy atom. The quantitative estimate of drug-likeness (QED) is 0.809. The number of para-hydroxylation sites is 1. The van der Waals surface area contributed by atoms with Crippen LogP contribution in [0.25, 0.3) is 0 Å². The lowest BCUT2D eigenvalue weighted by atomic mass is 10.1. The highest BCUT2D eigenvalue weighted by Gasteiger charge is 2.30. The van der Waals surface area contributed by atoms with Crippen molar-refractivity contribution >= 4 is 23.4 Å². The summed E-state index contributed by atoms with van der Waals surface area (Å²) in [6.07, 6.45) is 3.30. The number of carbonyl (C=O) groups is 1. The third kappa shape index (κ3) is 4.73. The first-order valence-corrected chi connectivity index (χ1v) is 8.53. The molecule has 1 saturated heterocycles. The highest BCUT2D eigenvalue weighted by atomic mass is 32.2. The summed E-state index contributed by atoms with van der Waals surface area (Å²) in [5.41, 5.74) is -4.27. The number of benzene rings is 1. The van der Waals surface area contributed by atoms with Gasteiger partial charge >= 0.3 is 5.51 Å². The van der Waals surface area contributed by atoms with E-state index in [1.165, 1.54) is 24.4 Å². The van der Waals surface area contributed by atoms with Crippen LogP contribution in [0.1, 0.15) is 29.4 Å². The average Bonchev–Trinajstić information content (AvgIpc) is 3.06. The van der Waals surface area contributed by atoms with Crippen LogP contribution in [0.2, 0.25) is 0 Å². The molecule has 6 nitrogen and oxygen atoms in total. The minimum absolute atomic E-state index is 0.0744. The van der Waals surface area contributed by atoms with Gasteiger partial charge in [0, 0.05) is 4.90 Å². The lowest BCUT2D eigenvalue weighted by Crippen LogP contribution is -2.29. The molecule has 2 aromatic rings. The molecule has 1 aromatic carbocycles. The molecule has 2 heterocycles. The molecule has 2 N–H and O–H groups in total. The number of alkyl halides is 3. The van der Waals surface area contributed by atoms with Crippen LogP contribution in [0.15, 0.2) is 35.4 Å². The summed E-state index contributed by atoms with van der Waals surface area (Å²) in [6.45, 7) is 1.74. The number of thioether (sulfide) groups is 1. The zero-order valence-electron chi connectivity index (χ0n) is 13.1. The topological polar surface area (TPSA) is 71.8 Å². The first kappa shape index (κ1) is 17.7. The van der Waals surface area contributed by atoms with E-state index < -0.39 is 11.4 Å². The number of hydrogen-bond acceptors (Lipinski definition) is 5. The van der Waals surface area contributed by atoms with E-state index in [0.717, 1.165) is 25.9 Å². The van der Waals surface area contributed by atoms with Gasteiger partial charge in [-0.3, -0.25) is 4.79 Å². The van der Waals surface area contributed by atoms with Gasteiger partial charge in [0.05, 0.1) is 17.9 Å². The number of carbonyl (C=O) groups excluding carboxylic acids is 1. The van der Waals surface area contributed by atoms with Crippen LogP contribution in [0.4, 0.5) is 18.9 Å². The molecule has 0 atom stereocenters. The summed E-state index contributed by atoms with van der Waals surface area (Å²) in [7, 11) is 0. The second-order valence-electron chi connectivity index (χ2n) is 5.56. The smallest absolute Gasteiger partial charge is 0.319 e. The fraction of sp³-hybridized carbons (Fsp3) is 0.400. The maximum absolute atomic E-state index is 12.6. The number of halogens is 3. The zero-order valence-corrected chi connectivity index (χ0v) is 13.9. The molecule has 3 rings (SSSR count). The Bertz CT molecular complexity index is 743. The molecule has 0 saturated carbocycles. The monoisotopic (exact) mass is 371 g/mol. The lowest BCUT2D eigenvalue weighted by Gasteiger charge is -2.22. The molecular formula is C15H16F3N5OS. The molecule has 0 radical (unpaired) electrons. The number of amides is 1. The van der Waals surface area contributed by atoms with Crippen LogP contribution in [-0.4, -0.2) is 39.5 Å². The third-order valence-electron chi connectivity index (χ3n) is 3.79. The number of rotatable bonds is 4. The van der Waals surface area contributed by atoms with E-state index in [2.05, 4.69) is 20.9 Å². The van der Waals surface area contributed by atoms with E-state index in [1.54, 1.807) is 10.7 Å². The molecule has 25 heavy (non-hydrogen) atoms. The second-order valence-corrected chi connectivity index (χ2v) is 6.67. The van der Waals surface area contributed by atoms with Crippen molar-refractivity contribution in [1.29, 1.82) is 0 Å². The Balaban J connectivity index is 1.71. The van der Waals surface area contributed by atoms with Crippen molar-refractivity contribution in [3.05, 3.63) is 36.2 Å². The molecule has 10 heteroatoms. The molecule has 1 aromatic heterocycles. The summed E-state index contributed by atoms with van der Waals surface area (Å²) in [6, 6.07) is 5.94. The van der Waals surface area contributed by atoms with Crippen LogP contribution in [0, 0.1) is 0 Å². The predicted octanol–water partition coefficient (Wildman–Crippen LogP) is 3.07. The van der Waals surface area contributed by atoms with Crippen molar-refractivity contribution in [1.82, 2.24) is 20.3 Å². The second kappa shape index (κ2) is 7.44. The minimum atomic E-state index is -4.43. The molecule has 0 aliphatic carbocycles. The fourth-order valence-corrected chi connectivity index (χ4v) is 3.23. The standard InChI is InChI=1S/C15H16F3N5OS/c16-15(17,18)25-13-4-2-1-3-11(13)20-14(24)12-9-23(22-21-12)10-5-7-19-8-6-10/h1-4,9-10,19H,5-8H2,(H,20,24). The van der Waals surface area contributed by atoms with Gasteiger partial charge in [-0.2, -0.15) is 13.2 Å². The van der Waals surface area contributed by atoms with Gasteiger partial charge in [0.1, 0.15) is 0 Å². The van der Waals surface area contributed by atoms with Crippen LogP contribution < -0.4 is 10.6 Å². The van der Waals surface area contributed by atoms with E-state index in [-0.39, 0.29) is 34.1 Å². The van der Waals surface area contributed by atoms with Gasteiger partial charge < -0.3 is 10.6 Å². The lowest BCUT2D eigenvalue weighted by molar-refractivity contribution is -0.0328. The van der Waals surface area contributed by atoms with E-state index in [0.29, 0.717) is 0 Å². The van der Waals surface area contributed by atoms with Gasteiger partial charge in [-0.15, -0.1) is 5.10 Å². The van der Waals surface area contributed by atoms with E-state index in [9.17, 15) is 18.0 Å². The number of piperidine rings is 1. The third-order valence-corrected chi connectivity index (χ3v) is 4.59. The molecule has 0 bridgehead atoms.